The van der Waals surface area contributed by atoms with Gasteiger partial charge in [-0.1, -0.05) is 0 Å². The van der Waals surface area contributed by atoms with Gasteiger partial charge < -0.3 is 10.5 Å². The van der Waals surface area contributed by atoms with Gasteiger partial charge >= 0.3 is 0 Å². The third kappa shape index (κ3) is 3.07. The highest BCUT2D eigenvalue weighted by molar-refractivity contribution is 5.38. The molecule has 0 aromatic carbocycles. The van der Waals surface area contributed by atoms with Crippen LogP contribution < -0.4 is 5.73 Å². The average molecular weight is 261 g/mol. The molecule has 3 rings (SSSR count). The SMILES string of the molecule is Nc1cncc(C2CCC(N3CCOCC3)CC2)c1. The molecule has 0 amide bonds. The zero-order chi connectivity index (χ0) is 13.1. The molecule has 0 radical (unpaired) electrons. The van der Waals surface area contributed by atoms with E-state index in [1.165, 1.54) is 31.2 Å². The van der Waals surface area contributed by atoms with Gasteiger partial charge in [-0.05, 0) is 43.2 Å². The van der Waals surface area contributed by atoms with Crippen LogP contribution in [0.25, 0.3) is 0 Å². The summed E-state index contributed by atoms with van der Waals surface area (Å²) >= 11 is 0. The van der Waals surface area contributed by atoms with Crippen LogP contribution in [-0.4, -0.2) is 42.2 Å². The highest BCUT2D eigenvalue weighted by atomic mass is 16.5. The summed E-state index contributed by atoms with van der Waals surface area (Å²) in [5.41, 5.74) is 7.93. The standard InChI is InChI=1S/C15H23N3O/c16-14-9-13(10-17-11-14)12-1-3-15(4-2-12)18-5-7-19-8-6-18/h9-12,15H,1-8,16H2. The van der Waals surface area contributed by atoms with Gasteiger partial charge in [0.1, 0.15) is 0 Å². The number of ether oxygens (including phenoxy) is 1. The molecule has 4 heteroatoms. The molecule has 0 bridgehead atoms. The monoisotopic (exact) mass is 261 g/mol. The first-order valence-corrected chi connectivity index (χ1v) is 7.35. The molecule has 104 valence electrons. The van der Waals surface area contributed by atoms with Crippen molar-refractivity contribution in [2.45, 2.75) is 37.6 Å². The lowest BCUT2D eigenvalue weighted by Crippen LogP contribution is -2.44. The average Bonchev–Trinajstić information content (AvgIpc) is 2.48. The normalized spacial score (nSPS) is 29.3. The number of hydrogen-bond acceptors (Lipinski definition) is 4. The smallest absolute Gasteiger partial charge is 0.0594 e. The summed E-state index contributed by atoms with van der Waals surface area (Å²) in [7, 11) is 0. The number of nitrogen functional groups attached to an aromatic ring is 1. The third-order valence-electron chi connectivity index (χ3n) is 4.51. The minimum absolute atomic E-state index is 0.647. The summed E-state index contributed by atoms with van der Waals surface area (Å²) in [6, 6.07) is 2.85. The van der Waals surface area contributed by atoms with Crippen LogP contribution in [0.4, 0.5) is 5.69 Å². The molecule has 1 saturated heterocycles. The summed E-state index contributed by atoms with van der Waals surface area (Å²) in [5, 5.41) is 0. The molecule has 1 aromatic heterocycles. The Morgan fingerprint density at radius 1 is 1.11 bits per heavy atom. The van der Waals surface area contributed by atoms with E-state index in [2.05, 4.69) is 16.0 Å². The van der Waals surface area contributed by atoms with Crippen molar-refractivity contribution < 1.29 is 4.74 Å². The molecule has 0 atom stereocenters. The second kappa shape index (κ2) is 5.88. The zero-order valence-corrected chi connectivity index (χ0v) is 11.4. The molecule has 19 heavy (non-hydrogen) atoms. The minimum Gasteiger partial charge on any atom is -0.397 e. The lowest BCUT2D eigenvalue weighted by atomic mass is 9.81. The summed E-state index contributed by atoms with van der Waals surface area (Å²) in [5.74, 6) is 0.647. The van der Waals surface area contributed by atoms with E-state index < -0.39 is 0 Å². The second-order valence-electron chi connectivity index (χ2n) is 5.71. The molecular formula is C15H23N3O. The highest BCUT2D eigenvalue weighted by Crippen LogP contribution is 2.35. The molecule has 4 nitrogen and oxygen atoms in total. The van der Waals surface area contributed by atoms with Crippen molar-refractivity contribution in [1.29, 1.82) is 0 Å². The first-order valence-electron chi connectivity index (χ1n) is 7.35. The van der Waals surface area contributed by atoms with E-state index in [9.17, 15) is 0 Å². The predicted molar refractivity (Wildman–Crippen MR) is 76.0 cm³/mol. The summed E-state index contributed by atoms with van der Waals surface area (Å²) in [6.07, 6.45) is 8.80. The van der Waals surface area contributed by atoms with Gasteiger partial charge in [0.15, 0.2) is 0 Å². The Bertz CT molecular complexity index is 410. The van der Waals surface area contributed by atoms with E-state index in [-0.39, 0.29) is 0 Å². The Morgan fingerprint density at radius 2 is 1.84 bits per heavy atom. The van der Waals surface area contributed by atoms with Crippen LogP contribution in [0.1, 0.15) is 37.2 Å². The predicted octanol–water partition coefficient (Wildman–Crippen LogP) is 2.02. The van der Waals surface area contributed by atoms with Gasteiger partial charge in [0.05, 0.1) is 18.9 Å². The van der Waals surface area contributed by atoms with E-state index in [4.69, 9.17) is 10.5 Å². The Kier molecular flexibility index (Phi) is 3.99. The van der Waals surface area contributed by atoms with Gasteiger partial charge in [0, 0.05) is 31.5 Å². The van der Waals surface area contributed by atoms with Crippen molar-refractivity contribution >= 4 is 5.69 Å². The van der Waals surface area contributed by atoms with Crippen LogP contribution in [-0.2, 0) is 4.74 Å². The number of rotatable bonds is 2. The fourth-order valence-corrected chi connectivity index (χ4v) is 3.42. The molecule has 0 unspecified atom stereocenters. The van der Waals surface area contributed by atoms with Gasteiger partial charge in [0.2, 0.25) is 0 Å². The van der Waals surface area contributed by atoms with Crippen LogP contribution in [0, 0.1) is 0 Å². The molecule has 1 aliphatic heterocycles. The topological polar surface area (TPSA) is 51.4 Å². The van der Waals surface area contributed by atoms with E-state index >= 15 is 0 Å². The van der Waals surface area contributed by atoms with Crippen molar-refractivity contribution in [3.63, 3.8) is 0 Å². The number of hydrogen-bond donors (Lipinski definition) is 1. The minimum atomic E-state index is 0.647. The summed E-state index contributed by atoms with van der Waals surface area (Å²) in [4.78, 5) is 6.82. The molecule has 1 aliphatic carbocycles. The number of aromatic nitrogens is 1. The molecule has 1 aromatic rings. The number of anilines is 1. The van der Waals surface area contributed by atoms with Crippen molar-refractivity contribution in [1.82, 2.24) is 9.88 Å². The summed E-state index contributed by atoms with van der Waals surface area (Å²) < 4.78 is 5.43. The molecule has 2 fully saturated rings. The van der Waals surface area contributed by atoms with Crippen molar-refractivity contribution in [3.05, 3.63) is 24.0 Å². The fraction of sp³-hybridized carbons (Fsp3) is 0.667. The van der Waals surface area contributed by atoms with Gasteiger partial charge in [-0.15, -0.1) is 0 Å². The van der Waals surface area contributed by atoms with E-state index in [0.29, 0.717) is 5.92 Å². The number of nitrogens with zero attached hydrogens (tertiary/aromatic N) is 2. The summed E-state index contributed by atoms with van der Waals surface area (Å²) in [6.45, 7) is 4.02. The largest absolute Gasteiger partial charge is 0.397 e. The maximum absolute atomic E-state index is 5.82. The van der Waals surface area contributed by atoms with E-state index in [1.54, 1.807) is 6.20 Å². The highest BCUT2D eigenvalue weighted by Gasteiger charge is 2.27. The van der Waals surface area contributed by atoms with Crippen LogP contribution in [0.2, 0.25) is 0 Å². The number of pyridine rings is 1. The molecule has 1 saturated carbocycles. The lowest BCUT2D eigenvalue weighted by Gasteiger charge is -2.38. The quantitative estimate of drug-likeness (QED) is 0.885. The second-order valence-corrected chi connectivity index (χ2v) is 5.71. The lowest BCUT2D eigenvalue weighted by molar-refractivity contribution is 0.00729. The molecule has 2 N–H and O–H groups in total. The van der Waals surface area contributed by atoms with E-state index in [0.717, 1.165) is 38.0 Å². The Morgan fingerprint density at radius 3 is 2.53 bits per heavy atom. The molecule has 2 heterocycles. The first kappa shape index (κ1) is 12.9. The van der Waals surface area contributed by atoms with Crippen LogP contribution >= 0.6 is 0 Å². The van der Waals surface area contributed by atoms with Gasteiger partial charge in [0.25, 0.3) is 0 Å². The van der Waals surface area contributed by atoms with Crippen molar-refractivity contribution in [2.24, 2.45) is 0 Å². The van der Waals surface area contributed by atoms with Crippen molar-refractivity contribution in [3.8, 4) is 0 Å². The van der Waals surface area contributed by atoms with Gasteiger partial charge in [-0.25, -0.2) is 0 Å². The van der Waals surface area contributed by atoms with Crippen LogP contribution in [0.3, 0.4) is 0 Å². The Hall–Kier alpha value is -1.13. The van der Waals surface area contributed by atoms with Gasteiger partial charge in [-0.2, -0.15) is 0 Å². The van der Waals surface area contributed by atoms with Crippen LogP contribution in [0.5, 0.6) is 0 Å². The Labute approximate surface area is 115 Å². The molecule has 2 aliphatic rings. The first-order chi connectivity index (χ1) is 9.33. The molecular weight excluding hydrogens is 238 g/mol. The number of morpholine rings is 1. The maximum atomic E-state index is 5.82. The molecule has 0 spiro atoms. The van der Waals surface area contributed by atoms with Crippen molar-refractivity contribution in [2.75, 3.05) is 32.0 Å². The third-order valence-corrected chi connectivity index (χ3v) is 4.51. The van der Waals surface area contributed by atoms with Gasteiger partial charge in [-0.3, -0.25) is 9.88 Å². The van der Waals surface area contributed by atoms with Crippen LogP contribution in [0.15, 0.2) is 18.5 Å². The fourth-order valence-electron chi connectivity index (χ4n) is 3.42. The van der Waals surface area contributed by atoms with E-state index in [1.807, 2.05) is 6.20 Å². The maximum Gasteiger partial charge on any atom is 0.0594 e. The Balaban J connectivity index is 1.57. The number of nitrogens with two attached hydrogens (primary N) is 1. The zero-order valence-electron chi connectivity index (χ0n) is 11.4.